The number of ether oxygens (including phenoxy) is 2. The second-order valence-corrected chi connectivity index (χ2v) is 6.52. The molecule has 0 aliphatic carbocycles. The lowest BCUT2D eigenvalue weighted by molar-refractivity contribution is -0.129. The summed E-state index contributed by atoms with van der Waals surface area (Å²) < 4.78 is 10.8. The molecule has 0 heterocycles. The number of methoxy groups -OCH3 is 1. The molecule has 0 spiro atoms. The van der Waals surface area contributed by atoms with Crippen LogP contribution in [0.5, 0.6) is 11.5 Å². The predicted octanol–water partition coefficient (Wildman–Crippen LogP) is 3.59. The normalized spacial score (nSPS) is 10.8. The first-order valence-electron chi connectivity index (χ1n) is 9.02. The second-order valence-electron chi connectivity index (χ2n) is 6.52. The largest absolute Gasteiger partial charge is 0.497 e. The van der Waals surface area contributed by atoms with Crippen LogP contribution in [0.4, 0.5) is 5.69 Å². The molecule has 6 heteroatoms. The lowest BCUT2D eigenvalue weighted by Gasteiger charge is -2.17. The van der Waals surface area contributed by atoms with Crippen LogP contribution in [0.1, 0.15) is 19.4 Å². The molecule has 148 valence electrons. The molecular formula is C22H26N2O4. The molecule has 2 rings (SSSR count). The zero-order valence-electron chi connectivity index (χ0n) is 16.6. The van der Waals surface area contributed by atoms with E-state index in [2.05, 4.69) is 5.32 Å². The summed E-state index contributed by atoms with van der Waals surface area (Å²) in [6, 6.07) is 14.6. The molecule has 0 saturated carbocycles. The number of rotatable bonds is 8. The van der Waals surface area contributed by atoms with Crippen molar-refractivity contribution in [2.75, 3.05) is 26.0 Å². The van der Waals surface area contributed by atoms with E-state index in [0.717, 1.165) is 5.56 Å². The molecule has 0 radical (unpaired) electrons. The summed E-state index contributed by atoms with van der Waals surface area (Å²) in [5.41, 5.74) is 1.42. The van der Waals surface area contributed by atoms with Crippen molar-refractivity contribution in [2.24, 2.45) is 0 Å². The van der Waals surface area contributed by atoms with Crippen molar-refractivity contribution >= 4 is 23.6 Å². The van der Waals surface area contributed by atoms with Gasteiger partial charge in [-0.25, -0.2) is 0 Å². The van der Waals surface area contributed by atoms with Gasteiger partial charge >= 0.3 is 0 Å². The zero-order valence-corrected chi connectivity index (χ0v) is 16.6. The monoisotopic (exact) mass is 382 g/mol. The Morgan fingerprint density at radius 1 is 1.14 bits per heavy atom. The van der Waals surface area contributed by atoms with Crippen molar-refractivity contribution in [2.45, 2.75) is 20.0 Å². The zero-order chi connectivity index (χ0) is 20.5. The first-order valence-corrected chi connectivity index (χ1v) is 9.02. The SMILES string of the molecule is COc1cccc(/C=C/C(=O)N(C)CC(=O)Nc2ccccc2OC(C)C)c1. The van der Waals surface area contributed by atoms with Crippen LogP contribution < -0.4 is 14.8 Å². The number of benzene rings is 2. The van der Waals surface area contributed by atoms with E-state index >= 15 is 0 Å². The fraction of sp³-hybridized carbons (Fsp3) is 0.273. The van der Waals surface area contributed by atoms with Crippen molar-refractivity contribution in [1.82, 2.24) is 4.90 Å². The molecule has 0 atom stereocenters. The molecule has 28 heavy (non-hydrogen) atoms. The van der Waals surface area contributed by atoms with Crippen molar-refractivity contribution in [3.8, 4) is 11.5 Å². The molecule has 2 aromatic rings. The van der Waals surface area contributed by atoms with Crippen molar-refractivity contribution in [1.29, 1.82) is 0 Å². The van der Waals surface area contributed by atoms with E-state index in [1.165, 1.54) is 11.0 Å². The molecule has 0 fully saturated rings. The van der Waals surface area contributed by atoms with Crippen molar-refractivity contribution in [3.05, 3.63) is 60.2 Å². The molecule has 0 saturated heterocycles. The lowest BCUT2D eigenvalue weighted by atomic mass is 10.2. The Labute approximate surface area is 165 Å². The minimum atomic E-state index is -0.301. The molecule has 2 aromatic carbocycles. The topological polar surface area (TPSA) is 67.9 Å². The molecule has 0 aromatic heterocycles. The summed E-state index contributed by atoms with van der Waals surface area (Å²) in [5.74, 6) is 0.734. The van der Waals surface area contributed by atoms with Gasteiger partial charge in [0.2, 0.25) is 11.8 Å². The quantitative estimate of drug-likeness (QED) is 0.709. The Morgan fingerprint density at radius 3 is 2.61 bits per heavy atom. The van der Waals surface area contributed by atoms with E-state index in [-0.39, 0.29) is 24.5 Å². The molecular weight excluding hydrogens is 356 g/mol. The Balaban J connectivity index is 1.94. The molecule has 0 aliphatic heterocycles. The molecule has 0 bridgehead atoms. The highest BCUT2D eigenvalue weighted by atomic mass is 16.5. The minimum absolute atomic E-state index is 0.0101. The maximum absolute atomic E-state index is 12.3. The smallest absolute Gasteiger partial charge is 0.246 e. The van der Waals surface area contributed by atoms with Crippen molar-refractivity contribution in [3.63, 3.8) is 0 Å². The highest BCUT2D eigenvalue weighted by Crippen LogP contribution is 2.24. The third-order valence-corrected chi connectivity index (χ3v) is 3.79. The summed E-state index contributed by atoms with van der Waals surface area (Å²) in [6.45, 7) is 3.76. The third-order valence-electron chi connectivity index (χ3n) is 3.79. The van der Waals surface area contributed by atoms with Gasteiger partial charge in [0, 0.05) is 13.1 Å². The van der Waals surface area contributed by atoms with Gasteiger partial charge in [-0.3, -0.25) is 9.59 Å². The summed E-state index contributed by atoms with van der Waals surface area (Å²) >= 11 is 0. The van der Waals surface area contributed by atoms with Gasteiger partial charge in [0.15, 0.2) is 0 Å². The molecule has 6 nitrogen and oxygen atoms in total. The first-order chi connectivity index (χ1) is 13.4. The average Bonchev–Trinajstić information content (AvgIpc) is 2.67. The maximum atomic E-state index is 12.3. The molecule has 2 amide bonds. The van der Waals surface area contributed by atoms with E-state index in [4.69, 9.17) is 9.47 Å². The van der Waals surface area contributed by atoms with Gasteiger partial charge in [-0.15, -0.1) is 0 Å². The standard InChI is InChI=1S/C22H26N2O4/c1-16(2)28-20-11-6-5-10-19(20)23-21(25)15-24(3)22(26)13-12-17-8-7-9-18(14-17)27-4/h5-14,16H,15H2,1-4H3,(H,23,25)/b13-12+. The van der Waals surface area contributed by atoms with Crippen LogP contribution in [0.25, 0.3) is 6.08 Å². The van der Waals surface area contributed by atoms with E-state index in [1.807, 2.05) is 50.2 Å². The molecule has 0 unspecified atom stereocenters. The van der Waals surface area contributed by atoms with Gasteiger partial charge in [0.1, 0.15) is 11.5 Å². The van der Waals surface area contributed by atoms with Gasteiger partial charge in [0.25, 0.3) is 0 Å². The van der Waals surface area contributed by atoms with E-state index in [9.17, 15) is 9.59 Å². The molecule has 1 N–H and O–H groups in total. The van der Waals surface area contributed by atoms with Gasteiger partial charge in [-0.1, -0.05) is 24.3 Å². The average molecular weight is 382 g/mol. The number of hydrogen-bond acceptors (Lipinski definition) is 4. The first kappa shape index (κ1) is 21.0. The highest BCUT2D eigenvalue weighted by Gasteiger charge is 2.13. The predicted molar refractivity (Wildman–Crippen MR) is 111 cm³/mol. The third kappa shape index (κ3) is 6.46. The summed E-state index contributed by atoms with van der Waals surface area (Å²) in [7, 11) is 3.17. The van der Waals surface area contributed by atoms with Crippen LogP contribution in [0.15, 0.2) is 54.6 Å². The number of para-hydroxylation sites is 2. The summed E-state index contributed by atoms with van der Waals surface area (Å²) in [4.78, 5) is 25.9. The Kier molecular flexibility index (Phi) is 7.63. The highest BCUT2D eigenvalue weighted by molar-refractivity contribution is 5.98. The maximum Gasteiger partial charge on any atom is 0.246 e. The lowest BCUT2D eigenvalue weighted by Crippen LogP contribution is -2.34. The van der Waals surface area contributed by atoms with Crippen LogP contribution >= 0.6 is 0 Å². The van der Waals surface area contributed by atoms with E-state index < -0.39 is 0 Å². The van der Waals surface area contributed by atoms with Gasteiger partial charge in [-0.2, -0.15) is 0 Å². The fourth-order valence-corrected chi connectivity index (χ4v) is 2.45. The van der Waals surface area contributed by atoms with Gasteiger partial charge < -0.3 is 19.7 Å². The number of anilines is 1. The number of amides is 2. The number of hydrogen-bond donors (Lipinski definition) is 1. The number of nitrogens with zero attached hydrogens (tertiary/aromatic N) is 1. The van der Waals surface area contributed by atoms with Crippen molar-refractivity contribution < 1.29 is 19.1 Å². The van der Waals surface area contributed by atoms with Crippen LogP contribution in [0.3, 0.4) is 0 Å². The molecule has 0 aliphatic rings. The number of likely N-dealkylation sites (N-methyl/N-ethyl adjacent to an activating group) is 1. The van der Waals surface area contributed by atoms with Gasteiger partial charge in [0.05, 0.1) is 25.4 Å². The van der Waals surface area contributed by atoms with Crippen LogP contribution in [-0.4, -0.2) is 43.5 Å². The van der Waals surface area contributed by atoms with Crippen LogP contribution in [0.2, 0.25) is 0 Å². The number of carbonyl (C=O) groups excluding carboxylic acids is 2. The Hall–Kier alpha value is -3.28. The fourth-order valence-electron chi connectivity index (χ4n) is 2.45. The summed E-state index contributed by atoms with van der Waals surface area (Å²) in [6.07, 6.45) is 3.10. The second kappa shape index (κ2) is 10.2. The van der Waals surface area contributed by atoms with E-state index in [0.29, 0.717) is 17.2 Å². The number of nitrogens with one attached hydrogen (secondary N) is 1. The van der Waals surface area contributed by atoms with E-state index in [1.54, 1.807) is 32.4 Å². The summed E-state index contributed by atoms with van der Waals surface area (Å²) in [5, 5.41) is 2.79. The van der Waals surface area contributed by atoms with Crippen LogP contribution in [0, 0.1) is 0 Å². The van der Waals surface area contributed by atoms with Crippen LogP contribution in [-0.2, 0) is 9.59 Å². The Morgan fingerprint density at radius 2 is 1.89 bits per heavy atom. The number of carbonyl (C=O) groups is 2. The van der Waals surface area contributed by atoms with Gasteiger partial charge in [-0.05, 0) is 49.8 Å². The minimum Gasteiger partial charge on any atom is -0.497 e. The Bertz CT molecular complexity index is 846.